The lowest BCUT2D eigenvalue weighted by Gasteiger charge is -2.14. The zero-order valence-corrected chi connectivity index (χ0v) is 16.8. The third kappa shape index (κ3) is 8.41. The van der Waals surface area contributed by atoms with Crippen molar-refractivity contribution in [2.24, 2.45) is 11.8 Å². The van der Waals surface area contributed by atoms with Crippen LogP contribution in [0.4, 0.5) is 13.2 Å². The van der Waals surface area contributed by atoms with Crippen LogP contribution in [0.3, 0.4) is 0 Å². The number of rotatable bonds is 11. The first-order chi connectivity index (χ1) is 14.7. The van der Waals surface area contributed by atoms with Gasteiger partial charge in [0.25, 0.3) is 0 Å². The van der Waals surface area contributed by atoms with Gasteiger partial charge in [-0.3, -0.25) is 9.59 Å². The number of hydrogen-bond acceptors (Lipinski definition) is 4. The van der Waals surface area contributed by atoms with E-state index in [1.165, 1.54) is 24.3 Å². The van der Waals surface area contributed by atoms with Gasteiger partial charge in [0.2, 0.25) is 0 Å². The van der Waals surface area contributed by atoms with E-state index in [1.807, 2.05) is 12.2 Å². The molecule has 0 radical (unpaired) electrons. The lowest BCUT2D eigenvalue weighted by atomic mass is 9.90. The molecule has 1 aliphatic carbocycles. The summed E-state index contributed by atoms with van der Waals surface area (Å²) in [5, 5.41) is 18.7. The van der Waals surface area contributed by atoms with E-state index < -0.39 is 23.8 Å². The van der Waals surface area contributed by atoms with Crippen molar-refractivity contribution in [2.45, 2.75) is 38.0 Å². The second kappa shape index (κ2) is 11.5. The summed E-state index contributed by atoms with van der Waals surface area (Å²) in [5.74, 6) is -1.38. The van der Waals surface area contributed by atoms with Crippen LogP contribution in [0.1, 0.15) is 31.2 Å². The number of aliphatic carboxylic acids is 1. The van der Waals surface area contributed by atoms with Gasteiger partial charge < -0.3 is 14.9 Å². The zero-order valence-electron chi connectivity index (χ0n) is 16.8. The van der Waals surface area contributed by atoms with Gasteiger partial charge >= 0.3 is 12.1 Å². The smallest absolute Gasteiger partial charge is 0.416 e. The SMILES string of the molecule is O=C(O)CCCC=CC[C@H]1C(=O)C=C[C@@H]1/C=C/[C@@H](O)COc1cccc(C(F)(F)F)c1. The minimum absolute atomic E-state index is 0.00382. The van der Waals surface area contributed by atoms with Crippen molar-refractivity contribution in [3.05, 3.63) is 66.3 Å². The molecule has 0 heterocycles. The fourth-order valence-electron chi connectivity index (χ4n) is 3.11. The predicted octanol–water partition coefficient (Wildman–Crippen LogP) is 4.57. The monoisotopic (exact) mass is 438 g/mol. The van der Waals surface area contributed by atoms with Gasteiger partial charge in [0.15, 0.2) is 5.78 Å². The molecule has 0 fully saturated rings. The highest BCUT2D eigenvalue weighted by atomic mass is 19.4. The van der Waals surface area contributed by atoms with E-state index in [4.69, 9.17) is 9.84 Å². The molecule has 0 spiro atoms. The van der Waals surface area contributed by atoms with Crippen LogP contribution in [0.2, 0.25) is 0 Å². The van der Waals surface area contributed by atoms with Crippen molar-refractivity contribution < 1.29 is 37.7 Å². The Morgan fingerprint density at radius 3 is 2.74 bits per heavy atom. The highest BCUT2D eigenvalue weighted by Crippen LogP contribution is 2.31. The first kappa shape index (κ1) is 24.4. The number of halogens is 3. The molecular formula is C23H25F3O5. The molecule has 2 N–H and O–H groups in total. The molecule has 1 aromatic carbocycles. The van der Waals surface area contributed by atoms with Crippen molar-refractivity contribution in [1.29, 1.82) is 0 Å². The number of aliphatic hydroxyl groups is 1. The summed E-state index contributed by atoms with van der Waals surface area (Å²) in [4.78, 5) is 22.5. The maximum Gasteiger partial charge on any atom is 0.416 e. The van der Waals surface area contributed by atoms with Gasteiger partial charge in [-0.15, -0.1) is 0 Å². The summed E-state index contributed by atoms with van der Waals surface area (Å²) >= 11 is 0. The van der Waals surface area contributed by atoms with Gasteiger partial charge in [-0.25, -0.2) is 0 Å². The first-order valence-electron chi connectivity index (χ1n) is 9.92. The van der Waals surface area contributed by atoms with Crippen LogP contribution in [0.5, 0.6) is 5.75 Å². The Kier molecular flexibility index (Phi) is 9.05. The number of allylic oxidation sites excluding steroid dienone is 5. The maximum atomic E-state index is 12.7. The summed E-state index contributed by atoms with van der Waals surface area (Å²) in [6.07, 6.45) is 6.30. The third-order valence-corrected chi connectivity index (χ3v) is 4.77. The topological polar surface area (TPSA) is 83.8 Å². The summed E-state index contributed by atoms with van der Waals surface area (Å²) in [5.41, 5.74) is -0.830. The summed E-state index contributed by atoms with van der Waals surface area (Å²) in [6, 6.07) is 4.42. The predicted molar refractivity (Wildman–Crippen MR) is 108 cm³/mol. The Bertz CT molecular complexity index is 842. The molecule has 0 aromatic heterocycles. The van der Waals surface area contributed by atoms with E-state index >= 15 is 0 Å². The standard InChI is InChI=1S/C23H25F3O5/c24-23(25,26)17-6-5-7-19(14-17)31-15-18(27)12-10-16-11-13-21(28)20(16)8-3-1-2-4-9-22(29)30/h1,3,5-7,10-14,16,18,20,27H,2,4,8-9,15H2,(H,29,30)/b3-1?,12-10+/t16-,18+,20+/m0/s1. The largest absolute Gasteiger partial charge is 0.491 e. The van der Waals surface area contributed by atoms with E-state index in [0.717, 1.165) is 12.1 Å². The highest BCUT2D eigenvalue weighted by Gasteiger charge is 2.30. The Hall–Kier alpha value is -2.87. The van der Waals surface area contributed by atoms with Crippen molar-refractivity contribution in [2.75, 3.05) is 6.61 Å². The highest BCUT2D eigenvalue weighted by molar-refractivity contribution is 5.95. The van der Waals surface area contributed by atoms with Gasteiger partial charge in [0, 0.05) is 18.3 Å². The Labute approximate surface area is 178 Å². The molecule has 1 aliphatic rings. The summed E-state index contributed by atoms with van der Waals surface area (Å²) < 4.78 is 43.4. The normalized spacial score (nSPS) is 20.1. The average molecular weight is 438 g/mol. The molecule has 0 aliphatic heterocycles. The van der Waals surface area contributed by atoms with E-state index in [0.29, 0.717) is 19.3 Å². The van der Waals surface area contributed by atoms with E-state index in [1.54, 1.807) is 12.2 Å². The average Bonchev–Trinajstić information content (AvgIpc) is 3.06. The molecule has 8 heteroatoms. The number of hydrogen-bond donors (Lipinski definition) is 2. The van der Waals surface area contributed by atoms with Crippen LogP contribution < -0.4 is 4.74 Å². The second-order valence-corrected chi connectivity index (χ2v) is 7.23. The Morgan fingerprint density at radius 1 is 1.26 bits per heavy atom. The molecule has 3 atom stereocenters. The fourth-order valence-corrected chi connectivity index (χ4v) is 3.11. The number of alkyl halides is 3. The van der Waals surface area contributed by atoms with Crippen LogP contribution in [-0.4, -0.2) is 34.7 Å². The van der Waals surface area contributed by atoms with Crippen molar-refractivity contribution >= 4 is 11.8 Å². The molecule has 0 saturated heterocycles. The number of unbranched alkanes of at least 4 members (excludes halogenated alkanes) is 1. The van der Waals surface area contributed by atoms with Gasteiger partial charge in [-0.2, -0.15) is 13.2 Å². The minimum Gasteiger partial charge on any atom is -0.491 e. The van der Waals surface area contributed by atoms with Gasteiger partial charge in [0.05, 0.1) is 5.56 Å². The molecule has 2 rings (SSSR count). The van der Waals surface area contributed by atoms with Crippen LogP contribution in [0, 0.1) is 11.8 Å². The van der Waals surface area contributed by atoms with Crippen molar-refractivity contribution in [1.82, 2.24) is 0 Å². The number of ether oxygens (including phenoxy) is 1. The van der Waals surface area contributed by atoms with E-state index in [9.17, 15) is 27.9 Å². The quantitative estimate of drug-likeness (QED) is 0.391. The summed E-state index contributed by atoms with van der Waals surface area (Å²) in [6.45, 7) is -0.226. The molecule has 0 saturated carbocycles. The number of carbonyl (C=O) groups excluding carboxylic acids is 1. The Balaban J connectivity index is 1.82. The number of benzene rings is 1. The van der Waals surface area contributed by atoms with E-state index in [2.05, 4.69) is 0 Å². The lowest BCUT2D eigenvalue weighted by Crippen LogP contribution is -2.17. The molecule has 1 aromatic rings. The van der Waals surface area contributed by atoms with Gasteiger partial charge in [-0.1, -0.05) is 36.4 Å². The Morgan fingerprint density at radius 2 is 2.03 bits per heavy atom. The summed E-state index contributed by atoms with van der Waals surface area (Å²) in [7, 11) is 0. The molecule has 0 amide bonds. The molecule has 5 nitrogen and oxygen atoms in total. The number of carboxylic acids is 1. The zero-order chi connectivity index (χ0) is 22.9. The number of ketones is 1. The van der Waals surface area contributed by atoms with Crippen LogP contribution in [0.15, 0.2) is 60.7 Å². The molecule has 168 valence electrons. The number of carbonyl (C=O) groups is 2. The number of aliphatic hydroxyl groups excluding tert-OH is 1. The molecule has 0 unspecified atom stereocenters. The fraction of sp³-hybridized carbons (Fsp3) is 0.391. The lowest BCUT2D eigenvalue weighted by molar-refractivity contribution is -0.138. The van der Waals surface area contributed by atoms with Crippen LogP contribution in [-0.2, 0) is 15.8 Å². The number of carboxylic acid groups (broad SMARTS) is 1. The molecule has 31 heavy (non-hydrogen) atoms. The molecular weight excluding hydrogens is 413 g/mol. The van der Waals surface area contributed by atoms with Crippen molar-refractivity contribution in [3.63, 3.8) is 0 Å². The van der Waals surface area contributed by atoms with Gasteiger partial charge in [0.1, 0.15) is 18.5 Å². The van der Waals surface area contributed by atoms with Crippen molar-refractivity contribution in [3.8, 4) is 5.75 Å². The first-order valence-corrected chi connectivity index (χ1v) is 9.92. The van der Waals surface area contributed by atoms with E-state index in [-0.39, 0.29) is 36.4 Å². The van der Waals surface area contributed by atoms with Crippen LogP contribution >= 0.6 is 0 Å². The minimum atomic E-state index is -4.47. The van der Waals surface area contributed by atoms with Crippen LogP contribution in [0.25, 0.3) is 0 Å². The third-order valence-electron chi connectivity index (χ3n) is 4.77. The second-order valence-electron chi connectivity index (χ2n) is 7.23. The van der Waals surface area contributed by atoms with Gasteiger partial charge in [-0.05, 0) is 43.5 Å². The molecule has 0 bridgehead atoms. The maximum absolute atomic E-state index is 12.7.